The van der Waals surface area contributed by atoms with Gasteiger partial charge in [0.2, 0.25) is 5.91 Å². The van der Waals surface area contributed by atoms with Crippen molar-refractivity contribution < 1.29 is 4.79 Å². The van der Waals surface area contributed by atoms with Crippen molar-refractivity contribution in [1.82, 2.24) is 9.55 Å². The summed E-state index contributed by atoms with van der Waals surface area (Å²) in [5.41, 5.74) is 6.51. The van der Waals surface area contributed by atoms with Crippen molar-refractivity contribution in [2.45, 2.75) is 45.7 Å². The number of amides is 1. The summed E-state index contributed by atoms with van der Waals surface area (Å²) in [6.07, 6.45) is 1.68. The standard InChI is InChI=1S/C28H29N3O2S/c1-5-20-10-9-11-21(6-2)26(20)30-25(32)17-34-28-29-23-13-8-7-12-22(23)27(33)31(28)24-15-14-18(3)16-19(24)4/h7-16H,5-6,17H2,1-4H3,(H,30,32). The van der Waals surface area contributed by atoms with Gasteiger partial charge in [0, 0.05) is 5.69 Å². The first-order valence-electron chi connectivity index (χ1n) is 11.6. The average molecular weight is 472 g/mol. The molecule has 0 spiro atoms. The number of para-hydroxylation sites is 2. The Morgan fingerprint density at radius 1 is 0.971 bits per heavy atom. The van der Waals surface area contributed by atoms with Crippen LogP contribution in [0.3, 0.4) is 0 Å². The lowest BCUT2D eigenvalue weighted by Crippen LogP contribution is -2.23. The molecule has 5 nitrogen and oxygen atoms in total. The van der Waals surface area contributed by atoms with Gasteiger partial charge in [-0.1, -0.05) is 73.6 Å². The van der Waals surface area contributed by atoms with Gasteiger partial charge in [-0.2, -0.15) is 0 Å². The van der Waals surface area contributed by atoms with E-state index in [1.165, 1.54) is 11.8 Å². The van der Waals surface area contributed by atoms with Crippen molar-refractivity contribution in [1.29, 1.82) is 0 Å². The van der Waals surface area contributed by atoms with E-state index in [0.717, 1.165) is 46.5 Å². The third kappa shape index (κ3) is 4.77. The number of benzene rings is 3. The number of thioether (sulfide) groups is 1. The van der Waals surface area contributed by atoms with Gasteiger partial charge in [-0.25, -0.2) is 4.98 Å². The number of carbonyl (C=O) groups is 1. The maximum atomic E-state index is 13.5. The topological polar surface area (TPSA) is 64.0 Å². The predicted molar refractivity (Wildman–Crippen MR) is 141 cm³/mol. The summed E-state index contributed by atoms with van der Waals surface area (Å²) < 4.78 is 1.63. The van der Waals surface area contributed by atoms with Gasteiger partial charge in [0.15, 0.2) is 5.16 Å². The Labute approximate surface area is 204 Å². The second-order valence-corrected chi connectivity index (χ2v) is 9.28. The van der Waals surface area contributed by atoms with E-state index >= 15 is 0 Å². The maximum absolute atomic E-state index is 13.5. The van der Waals surface area contributed by atoms with E-state index in [4.69, 9.17) is 4.98 Å². The van der Waals surface area contributed by atoms with Crippen LogP contribution in [0.15, 0.2) is 70.6 Å². The molecule has 0 saturated carbocycles. The van der Waals surface area contributed by atoms with Crippen molar-refractivity contribution in [3.8, 4) is 5.69 Å². The minimum atomic E-state index is -0.134. The SMILES string of the molecule is CCc1cccc(CC)c1NC(=O)CSc1nc2ccccc2c(=O)n1-c1ccc(C)cc1C. The molecule has 0 aliphatic carbocycles. The van der Waals surface area contributed by atoms with Crippen LogP contribution in [0, 0.1) is 13.8 Å². The fraction of sp³-hybridized carbons (Fsp3) is 0.250. The second-order valence-electron chi connectivity index (χ2n) is 8.34. The molecule has 4 rings (SSSR count). The van der Waals surface area contributed by atoms with Gasteiger partial charge in [0.1, 0.15) is 0 Å². The number of hydrogen-bond acceptors (Lipinski definition) is 4. The van der Waals surface area contributed by atoms with Gasteiger partial charge in [-0.15, -0.1) is 0 Å². The summed E-state index contributed by atoms with van der Waals surface area (Å²) in [4.78, 5) is 31.2. The fourth-order valence-corrected chi connectivity index (χ4v) is 4.99. The number of aryl methyl sites for hydroxylation is 4. The molecule has 0 radical (unpaired) electrons. The Morgan fingerprint density at radius 2 is 1.68 bits per heavy atom. The molecular formula is C28H29N3O2S. The lowest BCUT2D eigenvalue weighted by molar-refractivity contribution is -0.113. The molecule has 0 unspecified atom stereocenters. The molecule has 0 saturated heterocycles. The molecule has 1 aromatic heterocycles. The molecule has 1 N–H and O–H groups in total. The lowest BCUT2D eigenvalue weighted by Gasteiger charge is -2.16. The summed E-state index contributed by atoms with van der Waals surface area (Å²) >= 11 is 1.28. The van der Waals surface area contributed by atoms with Crippen LogP contribution in [0.5, 0.6) is 0 Å². The molecule has 0 aliphatic heterocycles. The van der Waals surface area contributed by atoms with Crippen LogP contribution in [-0.4, -0.2) is 21.2 Å². The smallest absolute Gasteiger partial charge is 0.266 e. The Kier molecular flexibility index (Phi) is 7.17. The van der Waals surface area contributed by atoms with E-state index in [1.807, 2.05) is 68.4 Å². The van der Waals surface area contributed by atoms with E-state index in [2.05, 4.69) is 19.2 Å². The van der Waals surface area contributed by atoms with Crippen molar-refractivity contribution in [3.05, 3.63) is 93.3 Å². The van der Waals surface area contributed by atoms with Crippen LogP contribution in [0.4, 0.5) is 5.69 Å². The number of rotatable bonds is 7. The van der Waals surface area contributed by atoms with Crippen molar-refractivity contribution in [3.63, 3.8) is 0 Å². The van der Waals surface area contributed by atoms with Crippen molar-refractivity contribution >= 4 is 34.3 Å². The van der Waals surface area contributed by atoms with Crippen molar-refractivity contribution in [2.75, 3.05) is 11.1 Å². The number of anilines is 1. The predicted octanol–water partition coefficient (Wildman–Crippen LogP) is 5.86. The van der Waals surface area contributed by atoms with Gasteiger partial charge in [-0.3, -0.25) is 14.2 Å². The number of carbonyl (C=O) groups excluding carboxylic acids is 1. The third-order valence-electron chi connectivity index (χ3n) is 5.93. The molecule has 1 amide bonds. The average Bonchev–Trinajstić information content (AvgIpc) is 2.83. The second kappa shape index (κ2) is 10.3. The third-order valence-corrected chi connectivity index (χ3v) is 6.87. The van der Waals surface area contributed by atoms with Crippen LogP contribution in [0.1, 0.15) is 36.1 Å². The highest BCUT2D eigenvalue weighted by molar-refractivity contribution is 7.99. The summed E-state index contributed by atoms with van der Waals surface area (Å²) in [6, 6.07) is 19.4. The van der Waals surface area contributed by atoms with Crippen LogP contribution < -0.4 is 10.9 Å². The fourth-order valence-electron chi connectivity index (χ4n) is 4.19. The Morgan fingerprint density at radius 3 is 2.35 bits per heavy atom. The van der Waals surface area contributed by atoms with Crippen LogP contribution in [-0.2, 0) is 17.6 Å². The molecular weight excluding hydrogens is 442 g/mol. The molecule has 3 aromatic carbocycles. The van der Waals surface area contributed by atoms with E-state index in [-0.39, 0.29) is 17.2 Å². The Hall–Kier alpha value is -3.38. The molecule has 1 heterocycles. The van der Waals surface area contributed by atoms with E-state index in [0.29, 0.717) is 16.1 Å². The van der Waals surface area contributed by atoms with Gasteiger partial charge in [0.25, 0.3) is 5.56 Å². The first-order chi connectivity index (χ1) is 16.4. The molecule has 0 aliphatic rings. The molecule has 0 atom stereocenters. The van der Waals surface area contributed by atoms with Crippen LogP contribution >= 0.6 is 11.8 Å². The monoisotopic (exact) mass is 471 g/mol. The first-order valence-corrected chi connectivity index (χ1v) is 12.5. The zero-order chi connectivity index (χ0) is 24.2. The number of fused-ring (bicyclic) bond motifs is 1. The zero-order valence-corrected chi connectivity index (χ0v) is 20.8. The first kappa shape index (κ1) is 23.8. The normalized spacial score (nSPS) is 11.1. The van der Waals surface area contributed by atoms with Gasteiger partial charge < -0.3 is 5.32 Å². The largest absolute Gasteiger partial charge is 0.325 e. The molecule has 6 heteroatoms. The molecule has 0 fully saturated rings. The Balaban J connectivity index is 1.70. The summed E-state index contributed by atoms with van der Waals surface area (Å²) in [5.74, 6) is 0.0341. The number of nitrogens with zero attached hydrogens (tertiary/aromatic N) is 2. The van der Waals surface area contributed by atoms with E-state index in [1.54, 1.807) is 10.6 Å². The van der Waals surface area contributed by atoms with Crippen LogP contribution in [0.25, 0.3) is 16.6 Å². The Bertz CT molecular complexity index is 1400. The highest BCUT2D eigenvalue weighted by Gasteiger charge is 2.17. The summed E-state index contributed by atoms with van der Waals surface area (Å²) in [6.45, 7) is 8.18. The lowest BCUT2D eigenvalue weighted by atomic mass is 10.0. The molecule has 4 aromatic rings. The zero-order valence-electron chi connectivity index (χ0n) is 20.0. The molecule has 174 valence electrons. The molecule has 34 heavy (non-hydrogen) atoms. The van der Waals surface area contributed by atoms with Crippen LogP contribution in [0.2, 0.25) is 0 Å². The number of hydrogen-bond donors (Lipinski definition) is 1. The summed E-state index contributed by atoms with van der Waals surface area (Å²) in [7, 11) is 0. The summed E-state index contributed by atoms with van der Waals surface area (Å²) in [5, 5.41) is 4.17. The van der Waals surface area contributed by atoms with Gasteiger partial charge in [0.05, 0.1) is 22.3 Å². The van der Waals surface area contributed by atoms with Gasteiger partial charge >= 0.3 is 0 Å². The molecule has 0 bridgehead atoms. The quantitative estimate of drug-likeness (QED) is 0.271. The van der Waals surface area contributed by atoms with E-state index in [9.17, 15) is 9.59 Å². The maximum Gasteiger partial charge on any atom is 0.266 e. The highest BCUT2D eigenvalue weighted by Crippen LogP contribution is 2.26. The minimum absolute atomic E-state index is 0.116. The number of nitrogens with one attached hydrogen (secondary N) is 1. The number of aromatic nitrogens is 2. The van der Waals surface area contributed by atoms with E-state index < -0.39 is 0 Å². The minimum Gasteiger partial charge on any atom is -0.325 e. The highest BCUT2D eigenvalue weighted by atomic mass is 32.2. The van der Waals surface area contributed by atoms with Crippen molar-refractivity contribution in [2.24, 2.45) is 0 Å². The van der Waals surface area contributed by atoms with Gasteiger partial charge in [-0.05, 0) is 61.6 Å².